The van der Waals surface area contributed by atoms with Crippen LogP contribution in [-0.4, -0.2) is 51.1 Å². The molecule has 4 atom stereocenters. The lowest BCUT2D eigenvalue weighted by Crippen LogP contribution is -2.54. The molecule has 0 unspecified atom stereocenters. The molecule has 0 N–H and O–H groups in total. The molecule has 0 aromatic carbocycles. The highest BCUT2D eigenvalue weighted by Crippen LogP contribution is 2.40. The Hall–Kier alpha value is -0.230. The van der Waals surface area contributed by atoms with Crippen molar-refractivity contribution in [2.45, 2.75) is 62.6 Å². The van der Waals surface area contributed by atoms with Gasteiger partial charge in [0.1, 0.15) is 18.9 Å². The fourth-order valence-electron chi connectivity index (χ4n) is 3.66. The Balaban J connectivity index is 1.55. The maximum atomic E-state index is 13.2. The number of rotatable bonds is 5. The van der Waals surface area contributed by atoms with Gasteiger partial charge < -0.3 is 18.9 Å². The van der Waals surface area contributed by atoms with Crippen molar-refractivity contribution in [3.63, 3.8) is 0 Å². The van der Waals surface area contributed by atoms with Crippen molar-refractivity contribution in [3.05, 3.63) is 0 Å². The van der Waals surface area contributed by atoms with E-state index in [9.17, 15) is 4.39 Å². The highest BCUT2D eigenvalue weighted by molar-refractivity contribution is 4.97. The van der Waals surface area contributed by atoms with Gasteiger partial charge in [0.05, 0.1) is 12.7 Å². The van der Waals surface area contributed by atoms with Crippen LogP contribution in [0, 0.1) is 5.92 Å². The molecule has 2 heterocycles. The summed E-state index contributed by atoms with van der Waals surface area (Å²) in [7, 11) is 1.58. The number of fused-ring (bicyclic) bond motifs is 2. The topological polar surface area (TPSA) is 36.9 Å². The van der Waals surface area contributed by atoms with Gasteiger partial charge in [-0.1, -0.05) is 19.3 Å². The van der Waals surface area contributed by atoms with Gasteiger partial charge in [0.15, 0.2) is 0 Å². The number of alkyl halides is 1. The van der Waals surface area contributed by atoms with Crippen LogP contribution in [0.4, 0.5) is 4.39 Å². The summed E-state index contributed by atoms with van der Waals surface area (Å²) in [4.78, 5) is 0. The lowest BCUT2D eigenvalue weighted by molar-refractivity contribution is -0.279. The van der Waals surface area contributed by atoms with Crippen molar-refractivity contribution in [2.24, 2.45) is 5.92 Å². The predicted molar refractivity (Wildman–Crippen MR) is 71.3 cm³/mol. The van der Waals surface area contributed by atoms with E-state index in [-0.39, 0.29) is 18.3 Å². The van der Waals surface area contributed by atoms with E-state index < -0.39 is 12.5 Å². The maximum absolute atomic E-state index is 13.2. The van der Waals surface area contributed by atoms with Crippen LogP contribution >= 0.6 is 0 Å². The van der Waals surface area contributed by atoms with Gasteiger partial charge >= 0.3 is 0 Å². The monoisotopic (exact) mass is 288 g/mol. The van der Waals surface area contributed by atoms with E-state index in [1.54, 1.807) is 7.11 Å². The number of methoxy groups -OCH3 is 1. The van der Waals surface area contributed by atoms with E-state index in [1.807, 2.05) is 0 Å². The fraction of sp³-hybridized carbons (Fsp3) is 1.00. The lowest BCUT2D eigenvalue weighted by Gasteiger charge is -2.40. The molecule has 3 aliphatic rings. The molecule has 3 fully saturated rings. The van der Waals surface area contributed by atoms with Crippen LogP contribution in [0.15, 0.2) is 0 Å². The zero-order valence-corrected chi connectivity index (χ0v) is 12.2. The zero-order chi connectivity index (χ0) is 14.0. The molecular weight excluding hydrogens is 263 g/mol. The molecule has 5 heteroatoms. The second kappa shape index (κ2) is 6.26. The Kier molecular flexibility index (Phi) is 4.60. The summed E-state index contributed by atoms with van der Waals surface area (Å²) in [6.45, 7) is 0.514. The van der Waals surface area contributed by atoms with Gasteiger partial charge in [-0.2, -0.15) is 0 Å². The Morgan fingerprint density at radius 2 is 2.05 bits per heavy atom. The molecule has 1 saturated carbocycles. The van der Waals surface area contributed by atoms with Crippen molar-refractivity contribution in [3.8, 4) is 0 Å². The van der Waals surface area contributed by atoms with Crippen LogP contribution in [0.3, 0.4) is 0 Å². The van der Waals surface area contributed by atoms with E-state index in [2.05, 4.69) is 0 Å². The van der Waals surface area contributed by atoms with Crippen LogP contribution in [0.25, 0.3) is 0 Å². The normalized spacial score (nSPS) is 42.0. The van der Waals surface area contributed by atoms with Gasteiger partial charge in [-0.05, 0) is 18.8 Å². The highest BCUT2D eigenvalue weighted by Gasteiger charge is 2.56. The van der Waals surface area contributed by atoms with Crippen LogP contribution in [0.2, 0.25) is 0 Å². The number of halogens is 1. The quantitative estimate of drug-likeness (QED) is 0.778. The van der Waals surface area contributed by atoms with Gasteiger partial charge in [0.25, 0.3) is 0 Å². The van der Waals surface area contributed by atoms with Crippen molar-refractivity contribution in [1.29, 1.82) is 0 Å². The minimum absolute atomic E-state index is 0.0379. The van der Waals surface area contributed by atoms with Gasteiger partial charge in [0.2, 0.25) is 5.79 Å². The first-order valence-electron chi connectivity index (χ1n) is 7.79. The van der Waals surface area contributed by atoms with Crippen molar-refractivity contribution < 1.29 is 23.3 Å². The second-order valence-corrected chi connectivity index (χ2v) is 6.25. The zero-order valence-electron chi connectivity index (χ0n) is 12.2. The van der Waals surface area contributed by atoms with Gasteiger partial charge in [0, 0.05) is 20.1 Å². The average molecular weight is 288 g/mol. The molecule has 0 aromatic rings. The maximum Gasteiger partial charge on any atom is 0.224 e. The van der Waals surface area contributed by atoms with Crippen LogP contribution in [-0.2, 0) is 18.9 Å². The van der Waals surface area contributed by atoms with E-state index in [0.29, 0.717) is 18.9 Å². The highest BCUT2D eigenvalue weighted by atomic mass is 19.1. The molecule has 4 nitrogen and oxygen atoms in total. The summed E-state index contributed by atoms with van der Waals surface area (Å²) >= 11 is 0. The minimum Gasteiger partial charge on any atom is -0.376 e. The third-order valence-electron chi connectivity index (χ3n) is 4.94. The van der Waals surface area contributed by atoms with Crippen molar-refractivity contribution in [2.75, 3.05) is 27.0 Å². The Morgan fingerprint density at radius 3 is 2.75 bits per heavy atom. The standard InChI is InChI=1S/C15H25FO4/c1-17-14-7-12(13-9-19-15(14,10-16)20-13)18-8-11-5-3-2-4-6-11/h11-14H,2-10H2,1H3/t12-,13+,14+,15+/m0/s1. The van der Waals surface area contributed by atoms with E-state index in [0.717, 1.165) is 6.61 Å². The van der Waals surface area contributed by atoms with Crippen molar-refractivity contribution >= 4 is 0 Å². The van der Waals surface area contributed by atoms with Gasteiger partial charge in [-0.3, -0.25) is 0 Å². The number of hydrogen-bond acceptors (Lipinski definition) is 4. The van der Waals surface area contributed by atoms with E-state index >= 15 is 0 Å². The molecule has 20 heavy (non-hydrogen) atoms. The molecule has 0 spiro atoms. The number of ether oxygens (including phenoxy) is 4. The van der Waals surface area contributed by atoms with E-state index in [4.69, 9.17) is 18.9 Å². The Bertz CT molecular complexity index is 321. The molecule has 116 valence electrons. The molecule has 1 aliphatic carbocycles. The van der Waals surface area contributed by atoms with Gasteiger partial charge in [-0.15, -0.1) is 0 Å². The predicted octanol–water partition coefficient (Wildman–Crippen LogP) is 2.45. The summed E-state index contributed by atoms with van der Waals surface area (Å²) in [6.07, 6.45) is 6.57. The molecule has 2 saturated heterocycles. The summed E-state index contributed by atoms with van der Waals surface area (Å²) in [5.41, 5.74) is 0. The largest absolute Gasteiger partial charge is 0.376 e. The van der Waals surface area contributed by atoms with Crippen LogP contribution < -0.4 is 0 Å². The minimum atomic E-state index is -1.19. The molecule has 0 amide bonds. The summed E-state index contributed by atoms with van der Waals surface area (Å²) < 4.78 is 35.9. The summed E-state index contributed by atoms with van der Waals surface area (Å²) in [6, 6.07) is 0. The fourth-order valence-corrected chi connectivity index (χ4v) is 3.66. The third kappa shape index (κ3) is 2.73. The Labute approximate surface area is 119 Å². The molecule has 3 rings (SSSR count). The first-order chi connectivity index (χ1) is 9.77. The Morgan fingerprint density at radius 1 is 1.25 bits per heavy atom. The van der Waals surface area contributed by atoms with Crippen LogP contribution in [0.5, 0.6) is 0 Å². The van der Waals surface area contributed by atoms with Gasteiger partial charge in [-0.25, -0.2) is 4.39 Å². The first kappa shape index (κ1) is 14.7. The second-order valence-electron chi connectivity index (χ2n) is 6.25. The van der Waals surface area contributed by atoms with Crippen molar-refractivity contribution in [1.82, 2.24) is 0 Å². The summed E-state index contributed by atoms with van der Waals surface area (Å²) in [5.74, 6) is -0.524. The number of hydrogen-bond donors (Lipinski definition) is 0. The molecule has 0 radical (unpaired) electrons. The molecule has 2 bridgehead atoms. The SMILES string of the molecule is CO[C@@H]1C[C@H](OCC2CCCCC2)[C@H]2CO[C@]1(CF)O2. The lowest BCUT2D eigenvalue weighted by atomic mass is 9.90. The molecule has 2 aliphatic heterocycles. The third-order valence-corrected chi connectivity index (χ3v) is 4.94. The first-order valence-corrected chi connectivity index (χ1v) is 7.79. The average Bonchev–Trinajstić information content (AvgIpc) is 2.89. The summed E-state index contributed by atoms with van der Waals surface area (Å²) in [5, 5.41) is 0. The molecular formula is C15H25FO4. The van der Waals surface area contributed by atoms with Crippen LogP contribution in [0.1, 0.15) is 38.5 Å². The molecule has 0 aromatic heterocycles. The van der Waals surface area contributed by atoms with E-state index in [1.165, 1.54) is 32.1 Å². The smallest absolute Gasteiger partial charge is 0.224 e.